The Morgan fingerprint density at radius 2 is 1.89 bits per heavy atom. The summed E-state index contributed by atoms with van der Waals surface area (Å²) in [6.45, 7) is 6.73. The number of carbonyl (C=O) groups excluding carboxylic acids is 1. The lowest BCUT2D eigenvalue weighted by Gasteiger charge is -2.52. The van der Waals surface area contributed by atoms with Gasteiger partial charge in [-0.15, -0.1) is 0 Å². The molecule has 19 heavy (non-hydrogen) atoms. The Bertz CT molecular complexity index is 474. The van der Waals surface area contributed by atoms with Crippen LogP contribution in [-0.4, -0.2) is 30.5 Å². The van der Waals surface area contributed by atoms with Crippen LogP contribution in [0.2, 0.25) is 0 Å². The molecule has 0 amide bonds. The Balaban J connectivity index is 2.01. The zero-order chi connectivity index (χ0) is 13.5. The van der Waals surface area contributed by atoms with Crippen LogP contribution in [0.15, 0.2) is 24.3 Å². The minimum atomic E-state index is -0.421. The summed E-state index contributed by atoms with van der Waals surface area (Å²) < 4.78 is 5.86. The molecule has 0 radical (unpaired) electrons. The van der Waals surface area contributed by atoms with Crippen molar-refractivity contribution >= 4 is 5.97 Å². The van der Waals surface area contributed by atoms with Crippen LogP contribution >= 0.6 is 0 Å². The minimum absolute atomic E-state index is 0.172. The first-order valence-electron chi connectivity index (χ1n) is 7.09. The standard InChI is InChI=1S/C16H21NO2/c1-12-3-5-14(6-4-12)16(19-13(2)18)11-17-9-7-15(16)8-10-17/h3-6,15H,7-11H2,1-2H3. The highest BCUT2D eigenvalue weighted by atomic mass is 16.6. The Morgan fingerprint density at radius 1 is 1.26 bits per heavy atom. The van der Waals surface area contributed by atoms with E-state index in [1.807, 2.05) is 0 Å². The maximum atomic E-state index is 11.6. The van der Waals surface area contributed by atoms with Crippen molar-refractivity contribution in [2.45, 2.75) is 32.3 Å². The molecule has 0 aromatic heterocycles. The fourth-order valence-electron chi connectivity index (χ4n) is 3.61. The van der Waals surface area contributed by atoms with E-state index in [0.29, 0.717) is 5.92 Å². The predicted octanol–water partition coefficient (Wildman–Crippen LogP) is 2.48. The van der Waals surface area contributed by atoms with Gasteiger partial charge < -0.3 is 4.74 Å². The Morgan fingerprint density at radius 3 is 2.37 bits per heavy atom. The van der Waals surface area contributed by atoms with Crippen LogP contribution in [0.3, 0.4) is 0 Å². The van der Waals surface area contributed by atoms with Crippen molar-refractivity contribution in [3.8, 4) is 0 Å². The van der Waals surface area contributed by atoms with Crippen molar-refractivity contribution in [2.75, 3.05) is 19.6 Å². The van der Waals surface area contributed by atoms with Crippen LogP contribution < -0.4 is 0 Å². The quantitative estimate of drug-likeness (QED) is 0.764. The van der Waals surface area contributed by atoms with Crippen LogP contribution in [0.4, 0.5) is 0 Å². The fraction of sp³-hybridized carbons (Fsp3) is 0.562. The van der Waals surface area contributed by atoms with Gasteiger partial charge in [-0.3, -0.25) is 9.69 Å². The first-order chi connectivity index (χ1) is 9.10. The number of carbonyl (C=O) groups is 1. The number of ether oxygens (including phenoxy) is 1. The second-order valence-corrected chi connectivity index (χ2v) is 5.90. The first-order valence-corrected chi connectivity index (χ1v) is 7.09. The summed E-state index contributed by atoms with van der Waals surface area (Å²) in [5.74, 6) is 0.290. The van der Waals surface area contributed by atoms with Crippen LogP contribution in [0.25, 0.3) is 0 Å². The highest BCUT2D eigenvalue weighted by Gasteiger charge is 2.50. The lowest BCUT2D eigenvalue weighted by atomic mass is 9.71. The largest absolute Gasteiger partial charge is 0.453 e. The number of hydrogen-bond acceptors (Lipinski definition) is 3. The minimum Gasteiger partial charge on any atom is -0.453 e. The zero-order valence-electron chi connectivity index (χ0n) is 11.7. The molecular weight excluding hydrogens is 238 g/mol. The predicted molar refractivity (Wildman–Crippen MR) is 73.8 cm³/mol. The van der Waals surface area contributed by atoms with E-state index in [4.69, 9.17) is 4.74 Å². The average Bonchev–Trinajstić information content (AvgIpc) is 2.40. The third kappa shape index (κ3) is 2.16. The second-order valence-electron chi connectivity index (χ2n) is 5.90. The van der Waals surface area contributed by atoms with Crippen molar-refractivity contribution in [1.82, 2.24) is 4.90 Å². The molecule has 102 valence electrons. The van der Waals surface area contributed by atoms with E-state index in [9.17, 15) is 4.79 Å². The van der Waals surface area contributed by atoms with Crippen molar-refractivity contribution in [3.63, 3.8) is 0 Å². The number of benzene rings is 1. The van der Waals surface area contributed by atoms with Crippen LogP contribution in [0, 0.1) is 12.8 Å². The molecule has 3 heteroatoms. The molecule has 4 rings (SSSR count). The summed E-state index contributed by atoms with van der Waals surface area (Å²) in [6, 6.07) is 8.47. The Hall–Kier alpha value is -1.35. The third-order valence-electron chi connectivity index (χ3n) is 4.57. The molecule has 3 fully saturated rings. The van der Waals surface area contributed by atoms with E-state index >= 15 is 0 Å². The molecule has 3 nitrogen and oxygen atoms in total. The number of rotatable bonds is 2. The average molecular weight is 259 g/mol. The van der Waals surface area contributed by atoms with Crippen molar-refractivity contribution in [1.29, 1.82) is 0 Å². The third-order valence-corrected chi connectivity index (χ3v) is 4.57. The summed E-state index contributed by atoms with van der Waals surface area (Å²) in [4.78, 5) is 14.0. The van der Waals surface area contributed by atoms with E-state index in [1.165, 1.54) is 12.5 Å². The molecule has 0 saturated carbocycles. The second kappa shape index (κ2) is 4.64. The van der Waals surface area contributed by atoms with Crippen LogP contribution in [0.5, 0.6) is 0 Å². The van der Waals surface area contributed by atoms with Crippen LogP contribution in [0.1, 0.15) is 30.9 Å². The van der Waals surface area contributed by atoms with E-state index in [1.54, 1.807) is 0 Å². The van der Waals surface area contributed by atoms with Crippen molar-refractivity contribution < 1.29 is 9.53 Å². The molecule has 1 aromatic rings. The smallest absolute Gasteiger partial charge is 0.303 e. The van der Waals surface area contributed by atoms with Gasteiger partial charge in [-0.25, -0.2) is 0 Å². The van der Waals surface area contributed by atoms with E-state index in [-0.39, 0.29) is 5.97 Å². The monoisotopic (exact) mass is 259 g/mol. The van der Waals surface area contributed by atoms with Gasteiger partial charge in [-0.2, -0.15) is 0 Å². The molecule has 2 bridgehead atoms. The van der Waals surface area contributed by atoms with Gasteiger partial charge in [0.1, 0.15) is 0 Å². The SMILES string of the molecule is CC(=O)OC1(c2ccc(C)cc2)CN2CCC1CC2. The molecule has 1 atom stereocenters. The van der Waals surface area contributed by atoms with E-state index < -0.39 is 5.60 Å². The van der Waals surface area contributed by atoms with Crippen LogP contribution in [-0.2, 0) is 15.1 Å². The molecule has 0 N–H and O–H groups in total. The zero-order valence-corrected chi connectivity index (χ0v) is 11.7. The van der Waals surface area contributed by atoms with Crippen molar-refractivity contribution in [3.05, 3.63) is 35.4 Å². The van der Waals surface area contributed by atoms with Gasteiger partial charge in [0.15, 0.2) is 5.60 Å². The van der Waals surface area contributed by atoms with Gasteiger partial charge in [0, 0.05) is 19.4 Å². The van der Waals surface area contributed by atoms with E-state index in [0.717, 1.165) is 38.0 Å². The molecule has 3 aliphatic rings. The molecule has 3 saturated heterocycles. The van der Waals surface area contributed by atoms with Gasteiger partial charge in [-0.05, 0) is 38.4 Å². The summed E-state index contributed by atoms with van der Waals surface area (Å²) in [7, 11) is 0. The van der Waals surface area contributed by atoms with Gasteiger partial charge in [-0.1, -0.05) is 29.8 Å². The number of fused-ring (bicyclic) bond motifs is 3. The molecule has 3 heterocycles. The molecule has 1 unspecified atom stereocenters. The highest BCUT2D eigenvalue weighted by molar-refractivity contribution is 5.67. The fourth-order valence-corrected chi connectivity index (χ4v) is 3.61. The molecule has 1 aromatic carbocycles. The number of piperidine rings is 3. The highest BCUT2D eigenvalue weighted by Crippen LogP contribution is 2.45. The number of aryl methyl sites for hydroxylation is 1. The van der Waals surface area contributed by atoms with Crippen molar-refractivity contribution in [2.24, 2.45) is 5.92 Å². The van der Waals surface area contributed by atoms with E-state index in [2.05, 4.69) is 36.1 Å². The Kier molecular flexibility index (Phi) is 3.09. The number of nitrogens with zero attached hydrogens (tertiary/aromatic N) is 1. The maximum absolute atomic E-state index is 11.6. The van der Waals surface area contributed by atoms with Gasteiger partial charge in [0.2, 0.25) is 0 Å². The first kappa shape index (κ1) is 12.7. The normalized spacial score (nSPS) is 33.2. The summed E-state index contributed by atoms with van der Waals surface area (Å²) in [5.41, 5.74) is 1.97. The number of esters is 1. The van der Waals surface area contributed by atoms with Gasteiger partial charge >= 0.3 is 5.97 Å². The topological polar surface area (TPSA) is 29.5 Å². The maximum Gasteiger partial charge on any atom is 0.303 e. The number of hydrogen-bond donors (Lipinski definition) is 0. The Labute approximate surface area is 114 Å². The lowest BCUT2D eigenvalue weighted by Crippen LogP contribution is -2.58. The molecule has 0 aliphatic carbocycles. The molecular formula is C16H21NO2. The van der Waals surface area contributed by atoms with Gasteiger partial charge in [0.25, 0.3) is 0 Å². The summed E-state index contributed by atoms with van der Waals surface area (Å²) >= 11 is 0. The molecule has 3 aliphatic heterocycles. The summed E-state index contributed by atoms with van der Waals surface area (Å²) in [6.07, 6.45) is 2.25. The summed E-state index contributed by atoms with van der Waals surface area (Å²) in [5, 5.41) is 0. The van der Waals surface area contributed by atoms with Gasteiger partial charge in [0.05, 0.1) is 0 Å². The molecule has 0 spiro atoms. The lowest BCUT2D eigenvalue weighted by molar-refractivity contribution is -0.184.